The zero-order valence-electron chi connectivity index (χ0n) is 13.4. The third-order valence-electron chi connectivity index (χ3n) is 4.06. The first kappa shape index (κ1) is 15.5. The van der Waals surface area contributed by atoms with Gasteiger partial charge in [-0.3, -0.25) is 9.36 Å². The number of benzene rings is 1. The minimum absolute atomic E-state index is 0.115. The van der Waals surface area contributed by atoms with Crippen molar-refractivity contribution in [1.82, 2.24) is 9.55 Å². The summed E-state index contributed by atoms with van der Waals surface area (Å²) < 4.78 is 20.4. The van der Waals surface area contributed by atoms with E-state index in [1.54, 1.807) is 16.7 Å². The van der Waals surface area contributed by atoms with Gasteiger partial charge in [-0.05, 0) is 37.5 Å². The first-order valence-corrected chi connectivity index (χ1v) is 7.74. The van der Waals surface area contributed by atoms with E-state index in [2.05, 4.69) is 9.88 Å². The van der Waals surface area contributed by atoms with Gasteiger partial charge in [0.05, 0.1) is 13.7 Å². The summed E-state index contributed by atoms with van der Waals surface area (Å²) in [7, 11) is 1.43. The molecule has 0 spiro atoms. The molecular weight excluding hydrogens is 297 g/mol. The highest BCUT2D eigenvalue weighted by Crippen LogP contribution is 2.21. The molecule has 1 aliphatic heterocycles. The summed E-state index contributed by atoms with van der Waals surface area (Å²) in [4.78, 5) is 19.1. The second-order valence-corrected chi connectivity index (χ2v) is 5.78. The van der Waals surface area contributed by atoms with Crippen molar-refractivity contribution in [2.75, 3.05) is 25.1 Å². The van der Waals surface area contributed by atoms with Crippen molar-refractivity contribution >= 4 is 5.95 Å². The fourth-order valence-corrected chi connectivity index (χ4v) is 2.90. The third-order valence-corrected chi connectivity index (χ3v) is 4.06. The van der Waals surface area contributed by atoms with Crippen molar-refractivity contribution < 1.29 is 9.13 Å². The summed E-state index contributed by atoms with van der Waals surface area (Å²) in [6, 6.07) is 6.26. The van der Waals surface area contributed by atoms with Gasteiger partial charge in [-0.2, -0.15) is 0 Å². The molecule has 0 N–H and O–H groups in total. The Labute approximate surface area is 134 Å². The Morgan fingerprint density at radius 3 is 2.65 bits per heavy atom. The minimum Gasteiger partial charge on any atom is -0.494 e. The van der Waals surface area contributed by atoms with Crippen LogP contribution in [0, 0.1) is 12.7 Å². The average molecular weight is 317 g/mol. The van der Waals surface area contributed by atoms with Gasteiger partial charge in [0, 0.05) is 24.8 Å². The number of ether oxygens (including phenoxy) is 1. The number of rotatable bonds is 4. The molecule has 0 bridgehead atoms. The molecule has 2 aromatic rings. The second kappa shape index (κ2) is 6.40. The van der Waals surface area contributed by atoms with E-state index in [9.17, 15) is 9.18 Å². The first-order valence-electron chi connectivity index (χ1n) is 7.74. The van der Waals surface area contributed by atoms with E-state index in [-0.39, 0.29) is 11.3 Å². The van der Waals surface area contributed by atoms with Crippen LogP contribution in [0.5, 0.6) is 5.75 Å². The zero-order valence-corrected chi connectivity index (χ0v) is 13.4. The Hall–Kier alpha value is -2.37. The predicted octanol–water partition coefficient (Wildman–Crippen LogP) is 2.35. The Balaban J connectivity index is 1.98. The molecule has 0 radical (unpaired) electrons. The van der Waals surface area contributed by atoms with Crippen LogP contribution in [0.1, 0.15) is 24.1 Å². The first-order chi connectivity index (χ1) is 11.1. The molecule has 0 aliphatic carbocycles. The minimum atomic E-state index is -0.430. The van der Waals surface area contributed by atoms with Crippen LogP contribution in [0.2, 0.25) is 0 Å². The molecule has 1 aliphatic rings. The van der Waals surface area contributed by atoms with Crippen molar-refractivity contribution in [3.05, 3.63) is 51.7 Å². The largest absolute Gasteiger partial charge is 0.494 e. The summed E-state index contributed by atoms with van der Waals surface area (Å²) >= 11 is 0. The van der Waals surface area contributed by atoms with Gasteiger partial charge >= 0.3 is 0 Å². The van der Waals surface area contributed by atoms with E-state index in [4.69, 9.17) is 4.74 Å². The van der Waals surface area contributed by atoms with Crippen LogP contribution >= 0.6 is 0 Å². The van der Waals surface area contributed by atoms with E-state index in [1.807, 2.05) is 6.92 Å². The molecule has 23 heavy (non-hydrogen) atoms. The molecule has 2 heterocycles. The van der Waals surface area contributed by atoms with Gasteiger partial charge in [0.25, 0.3) is 5.56 Å². The Bertz CT molecular complexity index is 767. The number of aromatic nitrogens is 2. The molecule has 1 aromatic carbocycles. The zero-order chi connectivity index (χ0) is 16.4. The standard InChI is InChI=1S/C17H20FN3O2/c1-12-9-16(22)21(17(19-12)20-7-3-4-8-20)11-13-5-6-15(23-2)14(18)10-13/h5-6,9-10H,3-4,7-8,11H2,1-2H3. The van der Waals surface area contributed by atoms with Gasteiger partial charge in [0.2, 0.25) is 5.95 Å². The van der Waals surface area contributed by atoms with Crippen molar-refractivity contribution in [3.8, 4) is 5.75 Å². The van der Waals surface area contributed by atoms with Crippen molar-refractivity contribution in [2.24, 2.45) is 0 Å². The van der Waals surface area contributed by atoms with Crippen molar-refractivity contribution in [1.29, 1.82) is 0 Å². The molecular formula is C17H20FN3O2. The Morgan fingerprint density at radius 1 is 1.26 bits per heavy atom. The lowest BCUT2D eigenvalue weighted by molar-refractivity contribution is 0.386. The highest BCUT2D eigenvalue weighted by Gasteiger charge is 2.19. The molecule has 5 nitrogen and oxygen atoms in total. The number of nitrogens with zero attached hydrogens (tertiary/aromatic N) is 3. The molecule has 0 amide bonds. The van der Waals surface area contributed by atoms with Gasteiger partial charge in [-0.15, -0.1) is 0 Å². The molecule has 1 fully saturated rings. The summed E-state index contributed by atoms with van der Waals surface area (Å²) in [5.74, 6) is 0.437. The number of aryl methyl sites for hydroxylation is 1. The lowest BCUT2D eigenvalue weighted by Gasteiger charge is -2.21. The SMILES string of the molecule is COc1ccc(Cn2c(N3CCCC3)nc(C)cc2=O)cc1F. The normalized spacial score (nSPS) is 14.3. The van der Waals surface area contributed by atoms with E-state index in [0.717, 1.165) is 25.9 Å². The van der Waals surface area contributed by atoms with Gasteiger partial charge in [0.1, 0.15) is 0 Å². The van der Waals surface area contributed by atoms with Gasteiger partial charge in [0.15, 0.2) is 11.6 Å². The van der Waals surface area contributed by atoms with Gasteiger partial charge in [-0.25, -0.2) is 9.37 Å². The van der Waals surface area contributed by atoms with Crippen molar-refractivity contribution in [3.63, 3.8) is 0 Å². The maximum Gasteiger partial charge on any atom is 0.255 e. The van der Waals surface area contributed by atoms with Crippen LogP contribution in [0.25, 0.3) is 0 Å². The molecule has 1 saturated heterocycles. The van der Waals surface area contributed by atoms with Crippen LogP contribution in [0.3, 0.4) is 0 Å². The maximum absolute atomic E-state index is 13.9. The topological polar surface area (TPSA) is 47.4 Å². The molecule has 6 heteroatoms. The van der Waals surface area contributed by atoms with E-state index in [1.165, 1.54) is 19.2 Å². The highest BCUT2D eigenvalue weighted by atomic mass is 19.1. The molecule has 3 rings (SSSR count). The molecule has 0 unspecified atom stereocenters. The molecule has 0 saturated carbocycles. The fourth-order valence-electron chi connectivity index (χ4n) is 2.90. The second-order valence-electron chi connectivity index (χ2n) is 5.78. The summed E-state index contributed by atoms with van der Waals surface area (Å²) in [6.45, 7) is 3.90. The molecule has 1 aromatic heterocycles. The van der Waals surface area contributed by atoms with Crippen LogP contribution in [-0.2, 0) is 6.54 Å². The van der Waals surface area contributed by atoms with E-state index < -0.39 is 5.82 Å². The third kappa shape index (κ3) is 3.21. The van der Waals surface area contributed by atoms with Crippen LogP contribution in [-0.4, -0.2) is 29.8 Å². The smallest absolute Gasteiger partial charge is 0.255 e. The number of halogens is 1. The van der Waals surface area contributed by atoms with Gasteiger partial charge < -0.3 is 9.64 Å². The van der Waals surface area contributed by atoms with Crippen LogP contribution in [0.15, 0.2) is 29.1 Å². The summed E-state index contributed by atoms with van der Waals surface area (Å²) in [6.07, 6.45) is 2.20. The van der Waals surface area contributed by atoms with Crippen LogP contribution in [0.4, 0.5) is 10.3 Å². The summed E-state index contributed by atoms with van der Waals surface area (Å²) in [5.41, 5.74) is 1.29. The van der Waals surface area contributed by atoms with E-state index in [0.29, 0.717) is 23.8 Å². The quantitative estimate of drug-likeness (QED) is 0.868. The maximum atomic E-state index is 13.9. The average Bonchev–Trinajstić information content (AvgIpc) is 3.04. The lowest BCUT2D eigenvalue weighted by Crippen LogP contribution is -2.31. The number of anilines is 1. The highest BCUT2D eigenvalue weighted by molar-refractivity contribution is 5.36. The molecule has 122 valence electrons. The number of hydrogen-bond acceptors (Lipinski definition) is 4. The Morgan fingerprint density at radius 2 is 2.00 bits per heavy atom. The predicted molar refractivity (Wildman–Crippen MR) is 86.7 cm³/mol. The Kier molecular flexibility index (Phi) is 4.32. The van der Waals surface area contributed by atoms with Crippen molar-refractivity contribution in [2.45, 2.75) is 26.3 Å². The number of hydrogen-bond donors (Lipinski definition) is 0. The number of methoxy groups -OCH3 is 1. The lowest BCUT2D eigenvalue weighted by atomic mass is 10.2. The summed E-state index contributed by atoms with van der Waals surface area (Å²) in [5, 5.41) is 0. The monoisotopic (exact) mass is 317 g/mol. The van der Waals surface area contributed by atoms with Crippen LogP contribution < -0.4 is 15.2 Å². The van der Waals surface area contributed by atoms with E-state index >= 15 is 0 Å². The molecule has 0 atom stereocenters. The fraction of sp³-hybridized carbons (Fsp3) is 0.412. The van der Waals surface area contributed by atoms with Gasteiger partial charge in [-0.1, -0.05) is 6.07 Å².